The van der Waals surface area contributed by atoms with Gasteiger partial charge in [-0.3, -0.25) is 4.79 Å². The first kappa shape index (κ1) is 17.6. The van der Waals surface area contributed by atoms with Crippen LogP contribution in [-0.2, 0) is 6.54 Å². The Morgan fingerprint density at radius 3 is 2.46 bits per heavy atom. The number of anilines is 2. The number of hydrogen-bond donors (Lipinski definition) is 2. The molecular weight excluding hydrogens is 324 g/mol. The van der Waals surface area contributed by atoms with Crippen molar-refractivity contribution < 1.29 is 4.79 Å². The van der Waals surface area contributed by atoms with E-state index in [1.807, 2.05) is 57.2 Å². The Morgan fingerprint density at radius 1 is 0.962 bits per heavy atom. The molecule has 132 valence electrons. The van der Waals surface area contributed by atoms with Gasteiger partial charge in [-0.05, 0) is 49.6 Å². The molecule has 0 spiro atoms. The van der Waals surface area contributed by atoms with Crippen LogP contribution in [-0.4, -0.2) is 15.9 Å². The van der Waals surface area contributed by atoms with Crippen molar-refractivity contribution in [1.29, 1.82) is 0 Å². The van der Waals surface area contributed by atoms with E-state index >= 15 is 0 Å². The molecule has 2 aromatic carbocycles. The van der Waals surface area contributed by atoms with Crippen LogP contribution in [0.1, 0.15) is 32.7 Å². The number of carbonyl (C=O) groups excluding carboxylic acids is 1. The lowest BCUT2D eigenvalue weighted by Gasteiger charge is -2.10. The summed E-state index contributed by atoms with van der Waals surface area (Å²) >= 11 is 0. The Hall–Kier alpha value is -3.21. The number of benzene rings is 2. The van der Waals surface area contributed by atoms with Gasteiger partial charge in [0.05, 0.1) is 0 Å². The van der Waals surface area contributed by atoms with Crippen molar-refractivity contribution in [3.05, 3.63) is 82.7 Å². The Labute approximate surface area is 153 Å². The smallest absolute Gasteiger partial charge is 0.270 e. The number of hydrogen-bond acceptors (Lipinski definition) is 4. The molecule has 0 aliphatic heterocycles. The second-order valence-corrected chi connectivity index (χ2v) is 6.38. The molecule has 1 amide bonds. The summed E-state index contributed by atoms with van der Waals surface area (Å²) in [5, 5.41) is 6.08. The molecule has 5 heteroatoms. The van der Waals surface area contributed by atoms with Crippen LogP contribution < -0.4 is 10.6 Å². The molecule has 0 radical (unpaired) electrons. The average molecular weight is 346 g/mol. The summed E-state index contributed by atoms with van der Waals surface area (Å²) in [7, 11) is 0. The number of aromatic nitrogens is 2. The summed E-state index contributed by atoms with van der Waals surface area (Å²) in [6.07, 6.45) is 1.58. The van der Waals surface area contributed by atoms with E-state index in [0.717, 1.165) is 22.4 Å². The van der Waals surface area contributed by atoms with E-state index in [2.05, 4.69) is 26.7 Å². The predicted molar refractivity (Wildman–Crippen MR) is 104 cm³/mol. The SMILES string of the molecule is Cc1ccc(CNC(=O)c2ccnc(Nc3cc(C)ccc3C)n2)cc1. The minimum atomic E-state index is -0.225. The van der Waals surface area contributed by atoms with Gasteiger partial charge in [0, 0.05) is 18.4 Å². The second-order valence-electron chi connectivity index (χ2n) is 6.38. The molecule has 1 aromatic heterocycles. The molecule has 0 saturated heterocycles. The summed E-state index contributed by atoms with van der Waals surface area (Å²) in [5.74, 6) is 0.179. The summed E-state index contributed by atoms with van der Waals surface area (Å²) in [4.78, 5) is 20.9. The Balaban J connectivity index is 1.69. The van der Waals surface area contributed by atoms with Gasteiger partial charge in [0.2, 0.25) is 5.95 Å². The first-order valence-corrected chi connectivity index (χ1v) is 8.52. The quantitative estimate of drug-likeness (QED) is 0.731. The number of nitrogens with one attached hydrogen (secondary N) is 2. The molecule has 0 bridgehead atoms. The maximum absolute atomic E-state index is 12.4. The molecule has 3 rings (SSSR count). The zero-order valence-corrected chi connectivity index (χ0v) is 15.2. The van der Waals surface area contributed by atoms with Gasteiger partial charge in [0.15, 0.2) is 0 Å². The highest BCUT2D eigenvalue weighted by Crippen LogP contribution is 2.19. The fourth-order valence-corrected chi connectivity index (χ4v) is 2.52. The zero-order valence-electron chi connectivity index (χ0n) is 15.2. The molecule has 0 fully saturated rings. The van der Waals surface area contributed by atoms with Crippen molar-refractivity contribution in [1.82, 2.24) is 15.3 Å². The molecule has 3 aromatic rings. The fraction of sp³-hybridized carbons (Fsp3) is 0.190. The van der Waals surface area contributed by atoms with Crippen LogP contribution in [0.25, 0.3) is 0 Å². The maximum atomic E-state index is 12.4. The van der Waals surface area contributed by atoms with Crippen molar-refractivity contribution in [3.63, 3.8) is 0 Å². The standard InChI is InChI=1S/C21H22N4O/c1-14-5-8-17(9-6-14)13-23-20(26)18-10-11-22-21(24-18)25-19-12-15(2)4-7-16(19)3/h4-12H,13H2,1-3H3,(H,23,26)(H,22,24,25). The molecule has 26 heavy (non-hydrogen) atoms. The van der Waals surface area contributed by atoms with Crippen LogP contribution in [0.3, 0.4) is 0 Å². The van der Waals surface area contributed by atoms with Crippen LogP contribution >= 0.6 is 0 Å². The third-order valence-electron chi connectivity index (χ3n) is 4.10. The molecule has 0 unspecified atom stereocenters. The minimum Gasteiger partial charge on any atom is -0.347 e. The zero-order chi connectivity index (χ0) is 18.5. The third-order valence-corrected chi connectivity index (χ3v) is 4.10. The largest absolute Gasteiger partial charge is 0.347 e. The first-order valence-electron chi connectivity index (χ1n) is 8.52. The monoisotopic (exact) mass is 346 g/mol. The minimum absolute atomic E-state index is 0.225. The predicted octanol–water partition coefficient (Wildman–Crippen LogP) is 4.08. The van der Waals surface area contributed by atoms with E-state index < -0.39 is 0 Å². The molecule has 0 saturated carbocycles. The van der Waals surface area contributed by atoms with Crippen molar-refractivity contribution in [2.45, 2.75) is 27.3 Å². The number of carbonyl (C=O) groups is 1. The highest BCUT2D eigenvalue weighted by molar-refractivity contribution is 5.92. The molecule has 0 aliphatic carbocycles. The van der Waals surface area contributed by atoms with Gasteiger partial charge in [0.1, 0.15) is 5.69 Å². The Morgan fingerprint density at radius 2 is 1.69 bits per heavy atom. The van der Waals surface area contributed by atoms with Crippen molar-refractivity contribution in [3.8, 4) is 0 Å². The lowest BCUT2D eigenvalue weighted by Crippen LogP contribution is -2.24. The van der Waals surface area contributed by atoms with Crippen LogP contribution in [0.2, 0.25) is 0 Å². The van der Waals surface area contributed by atoms with Crippen LogP contribution in [0.15, 0.2) is 54.7 Å². The second kappa shape index (κ2) is 7.78. The molecule has 0 aliphatic rings. The number of nitrogens with zero attached hydrogens (tertiary/aromatic N) is 2. The highest BCUT2D eigenvalue weighted by atomic mass is 16.1. The summed E-state index contributed by atoms with van der Waals surface area (Å²) in [6, 6.07) is 15.8. The van der Waals surface area contributed by atoms with E-state index in [9.17, 15) is 4.79 Å². The number of rotatable bonds is 5. The Kier molecular flexibility index (Phi) is 5.27. The summed E-state index contributed by atoms with van der Waals surface area (Å²) in [6.45, 7) is 6.54. The van der Waals surface area contributed by atoms with Crippen LogP contribution in [0, 0.1) is 20.8 Å². The first-order chi connectivity index (χ1) is 12.5. The fourth-order valence-electron chi connectivity index (χ4n) is 2.52. The lowest BCUT2D eigenvalue weighted by atomic mass is 10.1. The molecule has 0 atom stereocenters. The van der Waals surface area contributed by atoms with Gasteiger partial charge in [-0.1, -0.05) is 42.0 Å². The van der Waals surface area contributed by atoms with Crippen LogP contribution in [0.5, 0.6) is 0 Å². The van der Waals surface area contributed by atoms with E-state index in [4.69, 9.17) is 0 Å². The van der Waals surface area contributed by atoms with Crippen molar-refractivity contribution in [2.75, 3.05) is 5.32 Å². The number of aryl methyl sites for hydroxylation is 3. The molecule has 2 N–H and O–H groups in total. The van der Waals surface area contributed by atoms with E-state index in [1.54, 1.807) is 12.3 Å². The third kappa shape index (κ3) is 4.45. The van der Waals surface area contributed by atoms with Gasteiger partial charge in [0.25, 0.3) is 5.91 Å². The summed E-state index contributed by atoms with van der Waals surface area (Å²) < 4.78 is 0. The summed E-state index contributed by atoms with van der Waals surface area (Å²) in [5.41, 5.74) is 5.74. The highest BCUT2D eigenvalue weighted by Gasteiger charge is 2.09. The maximum Gasteiger partial charge on any atom is 0.270 e. The normalized spacial score (nSPS) is 10.4. The van der Waals surface area contributed by atoms with Gasteiger partial charge >= 0.3 is 0 Å². The average Bonchev–Trinajstić information content (AvgIpc) is 2.64. The lowest BCUT2D eigenvalue weighted by molar-refractivity contribution is 0.0946. The van der Waals surface area contributed by atoms with E-state index in [0.29, 0.717) is 18.2 Å². The molecule has 1 heterocycles. The number of amides is 1. The topological polar surface area (TPSA) is 66.9 Å². The molecule has 5 nitrogen and oxygen atoms in total. The Bertz CT molecular complexity index is 920. The van der Waals surface area contributed by atoms with Crippen molar-refractivity contribution >= 4 is 17.5 Å². The van der Waals surface area contributed by atoms with Gasteiger partial charge < -0.3 is 10.6 Å². The van der Waals surface area contributed by atoms with E-state index in [-0.39, 0.29) is 5.91 Å². The molecular formula is C21H22N4O. The van der Waals surface area contributed by atoms with Gasteiger partial charge in [-0.15, -0.1) is 0 Å². The van der Waals surface area contributed by atoms with Gasteiger partial charge in [-0.25, -0.2) is 9.97 Å². The van der Waals surface area contributed by atoms with Gasteiger partial charge in [-0.2, -0.15) is 0 Å². The van der Waals surface area contributed by atoms with Crippen molar-refractivity contribution in [2.24, 2.45) is 0 Å². The van der Waals surface area contributed by atoms with E-state index in [1.165, 1.54) is 5.56 Å². The van der Waals surface area contributed by atoms with Crippen LogP contribution in [0.4, 0.5) is 11.6 Å².